The van der Waals surface area contributed by atoms with Crippen molar-refractivity contribution in [1.29, 1.82) is 0 Å². The maximum absolute atomic E-state index is 13.2. The molecule has 180 valence electrons. The van der Waals surface area contributed by atoms with Gasteiger partial charge in [-0.2, -0.15) is 0 Å². The first-order valence-corrected chi connectivity index (χ1v) is 11.8. The lowest BCUT2D eigenvalue weighted by Crippen LogP contribution is -2.44. The van der Waals surface area contributed by atoms with Gasteiger partial charge in [0.15, 0.2) is 0 Å². The zero-order valence-corrected chi connectivity index (χ0v) is 20.3. The zero-order valence-electron chi connectivity index (χ0n) is 20.3. The standard InChI is InChI=1S/C28H30N4O3/c1-31(2)20-9-11-32(12-10-20)28(34)18-7-8-22-23-14-19(17-5-4-6-21(13-17)35-3)15-24(27(29)33)26(23)30-25(22)16-18/h4-8,13-16,20,30H,9-12H2,1-3H3,(H2,29,33). The van der Waals surface area contributed by atoms with E-state index in [1.807, 2.05) is 53.4 Å². The second kappa shape index (κ2) is 9.07. The van der Waals surface area contributed by atoms with E-state index in [0.717, 1.165) is 59.1 Å². The number of benzene rings is 3. The highest BCUT2D eigenvalue weighted by atomic mass is 16.5. The average Bonchev–Trinajstić information content (AvgIpc) is 3.25. The molecule has 3 N–H and O–H groups in total. The molecule has 0 bridgehead atoms. The van der Waals surface area contributed by atoms with Crippen molar-refractivity contribution >= 4 is 33.6 Å². The summed E-state index contributed by atoms with van der Waals surface area (Å²) < 4.78 is 5.36. The summed E-state index contributed by atoms with van der Waals surface area (Å²) in [6, 6.07) is 17.8. The molecule has 1 aliphatic heterocycles. The van der Waals surface area contributed by atoms with Crippen LogP contribution in [0.4, 0.5) is 0 Å². The number of carbonyl (C=O) groups excluding carboxylic acids is 2. The van der Waals surface area contributed by atoms with Gasteiger partial charge in [0.05, 0.1) is 18.2 Å². The van der Waals surface area contributed by atoms with Crippen LogP contribution in [0.1, 0.15) is 33.6 Å². The van der Waals surface area contributed by atoms with Crippen LogP contribution < -0.4 is 10.5 Å². The van der Waals surface area contributed by atoms with Gasteiger partial charge in [0.25, 0.3) is 11.8 Å². The van der Waals surface area contributed by atoms with E-state index < -0.39 is 5.91 Å². The molecule has 35 heavy (non-hydrogen) atoms. The third-order valence-corrected chi connectivity index (χ3v) is 7.11. The van der Waals surface area contributed by atoms with Gasteiger partial charge in [-0.3, -0.25) is 9.59 Å². The number of H-pyrrole nitrogens is 1. The molecule has 0 radical (unpaired) electrons. The van der Waals surface area contributed by atoms with Crippen LogP contribution in [0, 0.1) is 0 Å². The number of methoxy groups -OCH3 is 1. The molecule has 1 aliphatic rings. The molecule has 1 fully saturated rings. The van der Waals surface area contributed by atoms with Gasteiger partial charge in [0.2, 0.25) is 0 Å². The van der Waals surface area contributed by atoms with Crippen molar-refractivity contribution in [1.82, 2.24) is 14.8 Å². The smallest absolute Gasteiger partial charge is 0.253 e. The fraction of sp³-hybridized carbons (Fsp3) is 0.286. The molecular formula is C28H30N4O3. The van der Waals surface area contributed by atoms with Crippen LogP contribution in [0.5, 0.6) is 5.75 Å². The second-order valence-electron chi connectivity index (χ2n) is 9.41. The minimum Gasteiger partial charge on any atom is -0.497 e. The summed E-state index contributed by atoms with van der Waals surface area (Å²) in [7, 11) is 5.80. The fourth-order valence-corrected chi connectivity index (χ4v) is 5.07. The first-order valence-electron chi connectivity index (χ1n) is 11.8. The lowest BCUT2D eigenvalue weighted by molar-refractivity contribution is 0.0663. The molecule has 7 heteroatoms. The number of nitrogens with one attached hydrogen (secondary N) is 1. The van der Waals surface area contributed by atoms with E-state index in [9.17, 15) is 9.59 Å². The number of ether oxygens (including phenoxy) is 1. The molecule has 0 saturated carbocycles. The molecule has 0 atom stereocenters. The monoisotopic (exact) mass is 470 g/mol. The molecule has 3 aromatic carbocycles. The van der Waals surface area contributed by atoms with Crippen molar-refractivity contribution in [3.63, 3.8) is 0 Å². The number of nitrogens with two attached hydrogens (primary N) is 1. The number of nitrogens with zero attached hydrogens (tertiary/aromatic N) is 2. The highest BCUT2D eigenvalue weighted by molar-refractivity contribution is 6.17. The van der Waals surface area contributed by atoms with E-state index >= 15 is 0 Å². The predicted molar refractivity (Wildman–Crippen MR) is 139 cm³/mol. The predicted octanol–water partition coefficient (Wildman–Crippen LogP) is 4.26. The number of carbonyl (C=O) groups is 2. The normalized spacial score (nSPS) is 14.7. The summed E-state index contributed by atoms with van der Waals surface area (Å²) in [6.07, 6.45) is 1.95. The maximum Gasteiger partial charge on any atom is 0.253 e. The number of amides is 2. The van der Waals surface area contributed by atoms with E-state index in [1.165, 1.54) is 0 Å². The molecule has 7 nitrogen and oxygen atoms in total. The fourth-order valence-electron chi connectivity index (χ4n) is 5.07. The lowest BCUT2D eigenvalue weighted by atomic mass is 9.98. The van der Waals surface area contributed by atoms with Crippen molar-refractivity contribution in [2.45, 2.75) is 18.9 Å². The van der Waals surface area contributed by atoms with E-state index in [-0.39, 0.29) is 5.91 Å². The Labute approximate surface area is 204 Å². The molecule has 5 rings (SSSR count). The number of aromatic nitrogens is 1. The van der Waals surface area contributed by atoms with Gasteiger partial charge < -0.3 is 25.3 Å². The van der Waals surface area contributed by atoms with Crippen LogP contribution in [0.15, 0.2) is 54.6 Å². The summed E-state index contributed by atoms with van der Waals surface area (Å²) in [4.78, 5) is 33.1. The lowest BCUT2D eigenvalue weighted by Gasteiger charge is -2.35. The number of fused-ring (bicyclic) bond motifs is 3. The SMILES string of the molecule is COc1cccc(-c2cc(C(N)=O)c3[nH]c4cc(C(=O)N5CCC(N(C)C)CC5)ccc4c3c2)c1. The number of primary amides is 1. The summed E-state index contributed by atoms with van der Waals surface area (Å²) in [5.74, 6) is 0.265. The van der Waals surface area contributed by atoms with Crippen LogP contribution in [0.25, 0.3) is 32.9 Å². The largest absolute Gasteiger partial charge is 0.497 e. The van der Waals surface area contributed by atoms with Crippen molar-refractivity contribution in [2.24, 2.45) is 5.73 Å². The number of aromatic amines is 1. The van der Waals surface area contributed by atoms with Crippen molar-refractivity contribution < 1.29 is 14.3 Å². The van der Waals surface area contributed by atoms with Crippen molar-refractivity contribution in [3.05, 3.63) is 65.7 Å². The third kappa shape index (κ3) is 4.23. The molecule has 0 aliphatic carbocycles. The highest BCUT2D eigenvalue weighted by Gasteiger charge is 2.25. The first kappa shape index (κ1) is 22.9. The van der Waals surface area contributed by atoms with Gasteiger partial charge in [-0.05, 0) is 74.5 Å². The molecule has 4 aromatic rings. The molecule has 2 heterocycles. The number of hydrogen-bond donors (Lipinski definition) is 2. The quantitative estimate of drug-likeness (QED) is 0.456. The van der Waals surface area contributed by atoms with E-state index in [1.54, 1.807) is 13.2 Å². The Morgan fingerprint density at radius 3 is 2.46 bits per heavy atom. The Balaban J connectivity index is 1.54. The van der Waals surface area contributed by atoms with Gasteiger partial charge >= 0.3 is 0 Å². The minimum atomic E-state index is -0.508. The average molecular weight is 471 g/mol. The van der Waals surface area contributed by atoms with Gasteiger partial charge in [0.1, 0.15) is 5.75 Å². The van der Waals surface area contributed by atoms with E-state index in [2.05, 4.69) is 24.0 Å². The molecule has 1 aromatic heterocycles. The molecule has 0 unspecified atom stereocenters. The Morgan fingerprint density at radius 2 is 1.77 bits per heavy atom. The highest BCUT2D eigenvalue weighted by Crippen LogP contribution is 2.34. The van der Waals surface area contributed by atoms with Crippen LogP contribution in [-0.2, 0) is 0 Å². The van der Waals surface area contributed by atoms with Crippen LogP contribution >= 0.6 is 0 Å². The van der Waals surface area contributed by atoms with Crippen LogP contribution in [0.2, 0.25) is 0 Å². The topological polar surface area (TPSA) is 91.7 Å². The Hall–Kier alpha value is -3.84. The number of rotatable bonds is 5. The van der Waals surface area contributed by atoms with Gasteiger partial charge in [-0.25, -0.2) is 0 Å². The zero-order chi connectivity index (χ0) is 24.7. The summed E-state index contributed by atoms with van der Waals surface area (Å²) in [5, 5.41) is 1.83. The third-order valence-electron chi connectivity index (χ3n) is 7.11. The van der Waals surface area contributed by atoms with Gasteiger partial charge in [-0.15, -0.1) is 0 Å². The summed E-state index contributed by atoms with van der Waals surface area (Å²) in [5.41, 5.74) is 10.1. The Kier molecular flexibility index (Phi) is 5.94. The first-order chi connectivity index (χ1) is 16.9. The number of piperidine rings is 1. The maximum atomic E-state index is 13.2. The summed E-state index contributed by atoms with van der Waals surface area (Å²) >= 11 is 0. The van der Waals surface area contributed by atoms with Gasteiger partial charge in [0, 0.05) is 41.0 Å². The number of hydrogen-bond acceptors (Lipinski definition) is 4. The minimum absolute atomic E-state index is 0.0370. The molecule has 0 spiro atoms. The van der Waals surface area contributed by atoms with Gasteiger partial charge in [-0.1, -0.05) is 18.2 Å². The van der Waals surface area contributed by atoms with E-state index in [4.69, 9.17) is 10.5 Å². The molecular weight excluding hydrogens is 440 g/mol. The van der Waals surface area contributed by atoms with Crippen molar-refractivity contribution in [3.8, 4) is 16.9 Å². The van der Waals surface area contributed by atoms with E-state index in [0.29, 0.717) is 22.7 Å². The number of likely N-dealkylation sites (tertiary alicyclic amines) is 1. The molecule has 2 amide bonds. The van der Waals surface area contributed by atoms with Crippen LogP contribution in [-0.4, -0.2) is 66.9 Å². The molecule has 1 saturated heterocycles. The Morgan fingerprint density at radius 1 is 1.00 bits per heavy atom. The second-order valence-corrected chi connectivity index (χ2v) is 9.41. The Bertz CT molecular complexity index is 1430. The van der Waals surface area contributed by atoms with Crippen molar-refractivity contribution in [2.75, 3.05) is 34.3 Å². The van der Waals surface area contributed by atoms with Crippen LogP contribution in [0.3, 0.4) is 0 Å². The summed E-state index contributed by atoms with van der Waals surface area (Å²) in [6.45, 7) is 1.50.